The number of rotatable bonds is 7. The molecule has 36 heavy (non-hydrogen) atoms. The van der Waals surface area contributed by atoms with E-state index in [1.54, 1.807) is 26.0 Å². The van der Waals surface area contributed by atoms with E-state index >= 15 is 0 Å². The van der Waals surface area contributed by atoms with Crippen molar-refractivity contribution in [1.29, 1.82) is 0 Å². The van der Waals surface area contributed by atoms with Crippen molar-refractivity contribution in [3.8, 4) is 5.75 Å². The van der Waals surface area contributed by atoms with Crippen LogP contribution in [0.4, 0.5) is 27.6 Å². The van der Waals surface area contributed by atoms with Crippen molar-refractivity contribution in [2.45, 2.75) is 64.1 Å². The van der Waals surface area contributed by atoms with Crippen molar-refractivity contribution >= 4 is 22.8 Å². The van der Waals surface area contributed by atoms with Crippen molar-refractivity contribution < 1.29 is 31.8 Å². The second-order valence-electron chi connectivity index (χ2n) is 9.69. The average molecular weight is 510 g/mol. The number of halogens is 5. The molecule has 1 aromatic heterocycles. The number of aliphatic imine (C=N–C) groups is 1. The fourth-order valence-corrected chi connectivity index (χ4v) is 4.24. The van der Waals surface area contributed by atoms with E-state index in [2.05, 4.69) is 15.0 Å². The molecule has 0 radical (unpaired) electrons. The highest BCUT2D eigenvalue weighted by Gasteiger charge is 2.55. The fraction of sp³-hybridized carbons (Fsp3) is 0.423. The van der Waals surface area contributed by atoms with E-state index in [9.17, 15) is 27.1 Å². The van der Waals surface area contributed by atoms with Crippen molar-refractivity contribution in [2.24, 2.45) is 4.99 Å². The minimum Gasteiger partial charge on any atom is -0.496 e. The molecule has 0 saturated heterocycles. The van der Waals surface area contributed by atoms with Gasteiger partial charge in [-0.15, -0.1) is 0 Å². The molecule has 0 saturated carbocycles. The van der Waals surface area contributed by atoms with Crippen molar-refractivity contribution in [1.82, 2.24) is 9.97 Å². The minimum absolute atomic E-state index is 0.0475. The maximum Gasteiger partial charge on any atom is 0.422 e. The number of nitrogens with zero attached hydrogens (tertiary/aromatic N) is 3. The van der Waals surface area contributed by atoms with Gasteiger partial charge < -0.3 is 9.84 Å². The van der Waals surface area contributed by atoms with Gasteiger partial charge in [-0.05, 0) is 30.2 Å². The number of alkyl halides is 3. The van der Waals surface area contributed by atoms with Crippen LogP contribution in [-0.4, -0.2) is 40.2 Å². The van der Waals surface area contributed by atoms with Gasteiger partial charge >= 0.3 is 6.18 Å². The molecule has 1 unspecified atom stereocenters. The smallest absolute Gasteiger partial charge is 0.422 e. The molecule has 0 fully saturated rings. The zero-order valence-electron chi connectivity index (χ0n) is 20.8. The molecule has 0 aliphatic heterocycles. The standard InChI is InChI=1S/C26H28F5N3O2/c1-14(2)16-8-7-9-18(23(16)36-6)24(4,5)12-25(35,26(29,30)31)13-33-20-10-19(27)21(28)22-17(20)11-32-15(3)34-22/h7-11,13-14,35H,12H2,1-6H3. The third-order valence-corrected chi connectivity index (χ3v) is 6.09. The van der Waals surface area contributed by atoms with E-state index in [0.717, 1.165) is 11.8 Å². The van der Waals surface area contributed by atoms with Gasteiger partial charge in [0, 0.05) is 29.4 Å². The molecule has 1 N–H and O–H groups in total. The lowest BCUT2D eigenvalue weighted by Gasteiger charge is -2.36. The Bertz CT molecular complexity index is 1300. The predicted molar refractivity (Wildman–Crippen MR) is 128 cm³/mol. The summed E-state index contributed by atoms with van der Waals surface area (Å²) >= 11 is 0. The molecule has 0 aliphatic rings. The van der Waals surface area contributed by atoms with E-state index in [4.69, 9.17) is 4.74 Å². The Kier molecular flexibility index (Phi) is 7.41. The molecule has 194 valence electrons. The molecule has 0 spiro atoms. The van der Waals surface area contributed by atoms with Crippen LogP contribution in [0.25, 0.3) is 10.9 Å². The normalized spacial score (nSPS) is 14.6. The van der Waals surface area contributed by atoms with Crippen LogP contribution in [0.1, 0.15) is 57.0 Å². The Morgan fingerprint density at radius 2 is 1.83 bits per heavy atom. The lowest BCUT2D eigenvalue weighted by Crippen LogP contribution is -2.50. The lowest BCUT2D eigenvalue weighted by atomic mass is 9.74. The third-order valence-electron chi connectivity index (χ3n) is 6.09. The molecule has 0 bridgehead atoms. The Hall–Kier alpha value is -3.14. The Morgan fingerprint density at radius 1 is 1.17 bits per heavy atom. The summed E-state index contributed by atoms with van der Waals surface area (Å²) < 4.78 is 76.6. The number of hydrogen-bond acceptors (Lipinski definition) is 5. The summed E-state index contributed by atoms with van der Waals surface area (Å²) in [5, 5.41) is 10.8. The van der Waals surface area contributed by atoms with Crippen LogP contribution in [0.5, 0.6) is 5.75 Å². The zero-order valence-corrected chi connectivity index (χ0v) is 20.8. The summed E-state index contributed by atoms with van der Waals surface area (Å²) in [7, 11) is 1.44. The summed E-state index contributed by atoms with van der Waals surface area (Å²) in [5.74, 6) is -1.96. The van der Waals surface area contributed by atoms with Gasteiger partial charge in [-0.3, -0.25) is 4.99 Å². The summed E-state index contributed by atoms with van der Waals surface area (Å²) in [6, 6.07) is 5.86. The minimum atomic E-state index is -5.13. The van der Waals surface area contributed by atoms with Gasteiger partial charge in [-0.1, -0.05) is 45.9 Å². The second kappa shape index (κ2) is 9.72. The number of methoxy groups -OCH3 is 1. The molecule has 0 amide bonds. The highest BCUT2D eigenvalue weighted by Crippen LogP contribution is 2.45. The van der Waals surface area contributed by atoms with Crippen LogP contribution < -0.4 is 4.74 Å². The van der Waals surface area contributed by atoms with Crippen LogP contribution in [0, 0.1) is 18.6 Å². The molecule has 1 atom stereocenters. The number of aromatic nitrogens is 2. The number of benzene rings is 2. The fourth-order valence-electron chi connectivity index (χ4n) is 4.24. The topological polar surface area (TPSA) is 67.6 Å². The van der Waals surface area contributed by atoms with Gasteiger partial charge in [-0.2, -0.15) is 13.2 Å². The average Bonchev–Trinajstić information content (AvgIpc) is 2.78. The zero-order chi connectivity index (χ0) is 27.1. The van der Waals surface area contributed by atoms with Crippen LogP contribution >= 0.6 is 0 Å². The van der Waals surface area contributed by atoms with Gasteiger partial charge in [0.1, 0.15) is 17.1 Å². The first kappa shape index (κ1) is 27.4. The summed E-state index contributed by atoms with van der Waals surface area (Å²) in [4.78, 5) is 11.5. The molecular weight excluding hydrogens is 481 g/mol. The Labute approximate surface area is 206 Å². The number of aryl methyl sites for hydroxylation is 1. The van der Waals surface area contributed by atoms with Crippen LogP contribution in [-0.2, 0) is 5.41 Å². The van der Waals surface area contributed by atoms with Crippen molar-refractivity contribution in [3.63, 3.8) is 0 Å². The van der Waals surface area contributed by atoms with E-state index in [-0.39, 0.29) is 22.8 Å². The van der Waals surface area contributed by atoms with Gasteiger partial charge in [0.05, 0.1) is 12.8 Å². The SMILES string of the molecule is COc1c(C(C)C)cccc1C(C)(C)CC(O)(C=Nc1cc(F)c(F)c2nc(C)ncc12)C(F)(F)F. The first-order valence-corrected chi connectivity index (χ1v) is 11.2. The molecule has 0 aliphatic carbocycles. The third kappa shape index (κ3) is 5.18. The van der Waals surface area contributed by atoms with Crippen molar-refractivity contribution in [3.05, 3.63) is 59.0 Å². The maximum atomic E-state index is 14.2. The monoisotopic (exact) mass is 509 g/mol. The van der Waals surface area contributed by atoms with E-state index in [1.165, 1.54) is 14.0 Å². The molecule has 2 aromatic carbocycles. The van der Waals surface area contributed by atoms with E-state index in [1.807, 2.05) is 19.9 Å². The summed E-state index contributed by atoms with van der Waals surface area (Å²) in [6.07, 6.45) is -4.48. The van der Waals surface area contributed by atoms with Crippen molar-refractivity contribution in [2.75, 3.05) is 7.11 Å². The molecule has 3 aromatic rings. The van der Waals surface area contributed by atoms with E-state index in [0.29, 0.717) is 23.6 Å². The van der Waals surface area contributed by atoms with Gasteiger partial charge in [0.25, 0.3) is 0 Å². The van der Waals surface area contributed by atoms with Gasteiger partial charge in [0.2, 0.25) is 0 Å². The quantitative estimate of drug-likeness (QED) is 0.284. The second-order valence-corrected chi connectivity index (χ2v) is 9.69. The molecule has 5 nitrogen and oxygen atoms in total. The number of ether oxygens (including phenoxy) is 1. The number of para-hydroxylation sites is 1. The summed E-state index contributed by atoms with van der Waals surface area (Å²) in [6.45, 7) is 8.45. The van der Waals surface area contributed by atoms with Gasteiger partial charge in [-0.25, -0.2) is 18.7 Å². The molecule has 1 heterocycles. The van der Waals surface area contributed by atoms with Crippen LogP contribution in [0.15, 0.2) is 35.5 Å². The van der Waals surface area contributed by atoms with Crippen LogP contribution in [0.3, 0.4) is 0 Å². The Balaban J connectivity index is 2.11. The van der Waals surface area contributed by atoms with Gasteiger partial charge in [0.15, 0.2) is 17.2 Å². The molecule has 10 heteroatoms. The van der Waals surface area contributed by atoms with E-state index < -0.39 is 40.8 Å². The molecular formula is C26H28F5N3O2. The molecule has 3 rings (SSSR count). The lowest BCUT2D eigenvalue weighted by molar-refractivity contribution is -0.234. The number of fused-ring (bicyclic) bond motifs is 1. The Morgan fingerprint density at radius 3 is 2.42 bits per heavy atom. The maximum absolute atomic E-state index is 14.2. The predicted octanol–water partition coefficient (Wildman–Crippen LogP) is 6.71. The highest BCUT2D eigenvalue weighted by atomic mass is 19.4. The largest absolute Gasteiger partial charge is 0.496 e. The first-order chi connectivity index (χ1) is 16.6. The number of hydrogen-bond donors (Lipinski definition) is 1. The highest BCUT2D eigenvalue weighted by molar-refractivity contribution is 5.92. The summed E-state index contributed by atoms with van der Waals surface area (Å²) in [5.41, 5.74) is -4.10. The first-order valence-electron chi connectivity index (χ1n) is 11.2. The number of aliphatic hydroxyl groups is 1. The van der Waals surface area contributed by atoms with Crippen LogP contribution in [0.2, 0.25) is 0 Å².